The van der Waals surface area contributed by atoms with E-state index < -0.39 is 0 Å². The number of benzene rings is 1. The molecule has 0 unspecified atom stereocenters. The summed E-state index contributed by atoms with van der Waals surface area (Å²) in [5, 5.41) is 11.3. The average Bonchev–Trinajstić information content (AvgIpc) is 2.39. The highest BCUT2D eigenvalue weighted by atomic mass is 79.9. The number of ether oxygens (including phenoxy) is 1. The standard InChI is InChI=1S/C13H11BrN2O2/c14-13-12(7-6-11(16-13)8-15-17)18-9-10-4-2-1-3-5-10/h1-8,17H,9H2. The van der Waals surface area contributed by atoms with Gasteiger partial charge in [0.1, 0.15) is 11.2 Å². The molecule has 0 aliphatic carbocycles. The van der Waals surface area contributed by atoms with Gasteiger partial charge in [-0.1, -0.05) is 35.5 Å². The largest absolute Gasteiger partial charge is 0.486 e. The number of hydrogen-bond donors (Lipinski definition) is 1. The Hall–Kier alpha value is -1.88. The van der Waals surface area contributed by atoms with Gasteiger partial charge in [0, 0.05) is 0 Å². The summed E-state index contributed by atoms with van der Waals surface area (Å²) in [7, 11) is 0. The van der Waals surface area contributed by atoms with E-state index in [4.69, 9.17) is 9.94 Å². The van der Waals surface area contributed by atoms with Gasteiger partial charge in [-0.3, -0.25) is 0 Å². The molecular formula is C13H11BrN2O2. The van der Waals surface area contributed by atoms with E-state index in [1.807, 2.05) is 30.3 Å². The lowest BCUT2D eigenvalue weighted by molar-refractivity contribution is 0.302. The van der Waals surface area contributed by atoms with Crippen molar-refractivity contribution in [2.24, 2.45) is 5.16 Å². The summed E-state index contributed by atoms with van der Waals surface area (Å²) in [6.07, 6.45) is 1.26. The fraction of sp³-hybridized carbons (Fsp3) is 0.0769. The first-order chi connectivity index (χ1) is 8.79. The minimum Gasteiger partial charge on any atom is -0.486 e. The number of rotatable bonds is 4. The Kier molecular flexibility index (Phi) is 4.30. The third-order valence-corrected chi connectivity index (χ3v) is 2.83. The van der Waals surface area contributed by atoms with E-state index in [0.29, 0.717) is 22.7 Å². The zero-order chi connectivity index (χ0) is 12.8. The maximum atomic E-state index is 8.41. The van der Waals surface area contributed by atoms with Crippen molar-refractivity contribution in [3.8, 4) is 5.75 Å². The molecule has 0 bridgehead atoms. The van der Waals surface area contributed by atoms with Crippen molar-refractivity contribution in [3.63, 3.8) is 0 Å². The molecule has 1 heterocycles. The topological polar surface area (TPSA) is 54.7 Å². The molecule has 0 aliphatic heterocycles. The van der Waals surface area contributed by atoms with E-state index in [-0.39, 0.29) is 0 Å². The maximum absolute atomic E-state index is 8.41. The molecule has 0 aliphatic rings. The first kappa shape index (κ1) is 12.6. The minimum absolute atomic E-state index is 0.481. The van der Waals surface area contributed by atoms with Gasteiger partial charge in [-0.25, -0.2) is 4.98 Å². The second-order valence-electron chi connectivity index (χ2n) is 3.54. The van der Waals surface area contributed by atoms with Crippen molar-refractivity contribution in [3.05, 3.63) is 58.3 Å². The fourth-order valence-electron chi connectivity index (χ4n) is 1.41. The molecule has 0 saturated heterocycles. The van der Waals surface area contributed by atoms with Gasteiger partial charge in [0.25, 0.3) is 0 Å². The van der Waals surface area contributed by atoms with E-state index in [1.54, 1.807) is 12.1 Å². The average molecular weight is 307 g/mol. The smallest absolute Gasteiger partial charge is 0.152 e. The number of oxime groups is 1. The lowest BCUT2D eigenvalue weighted by atomic mass is 10.2. The van der Waals surface area contributed by atoms with Crippen LogP contribution in [0.1, 0.15) is 11.3 Å². The molecule has 0 saturated carbocycles. The van der Waals surface area contributed by atoms with Gasteiger partial charge in [-0.2, -0.15) is 0 Å². The van der Waals surface area contributed by atoms with Gasteiger partial charge in [-0.05, 0) is 33.6 Å². The van der Waals surface area contributed by atoms with Crippen molar-refractivity contribution >= 4 is 22.1 Å². The highest BCUT2D eigenvalue weighted by molar-refractivity contribution is 9.10. The first-order valence-corrected chi connectivity index (χ1v) is 6.09. The van der Waals surface area contributed by atoms with Crippen LogP contribution in [-0.2, 0) is 6.61 Å². The first-order valence-electron chi connectivity index (χ1n) is 5.30. The molecule has 1 aromatic heterocycles. The number of aromatic nitrogens is 1. The third-order valence-electron chi connectivity index (χ3n) is 2.26. The third kappa shape index (κ3) is 3.30. The van der Waals surface area contributed by atoms with Crippen LogP contribution >= 0.6 is 15.9 Å². The van der Waals surface area contributed by atoms with E-state index >= 15 is 0 Å². The van der Waals surface area contributed by atoms with Crippen molar-refractivity contribution in [1.82, 2.24) is 4.98 Å². The highest BCUT2D eigenvalue weighted by Gasteiger charge is 2.03. The van der Waals surface area contributed by atoms with Crippen LogP contribution in [0, 0.1) is 0 Å². The molecule has 4 nitrogen and oxygen atoms in total. The van der Waals surface area contributed by atoms with Gasteiger partial charge in [-0.15, -0.1) is 0 Å². The van der Waals surface area contributed by atoms with Crippen molar-refractivity contribution in [2.75, 3.05) is 0 Å². The quantitative estimate of drug-likeness (QED) is 0.408. The van der Waals surface area contributed by atoms with E-state index in [1.165, 1.54) is 6.21 Å². The Balaban J connectivity index is 2.06. The molecule has 1 N–H and O–H groups in total. The summed E-state index contributed by atoms with van der Waals surface area (Å²) in [5.74, 6) is 0.647. The molecule has 92 valence electrons. The summed E-state index contributed by atoms with van der Waals surface area (Å²) >= 11 is 3.31. The van der Waals surface area contributed by atoms with Crippen LogP contribution in [0.3, 0.4) is 0 Å². The van der Waals surface area contributed by atoms with E-state index in [0.717, 1.165) is 5.56 Å². The number of nitrogens with zero attached hydrogens (tertiary/aromatic N) is 2. The van der Waals surface area contributed by atoms with Gasteiger partial charge < -0.3 is 9.94 Å². The predicted molar refractivity (Wildman–Crippen MR) is 72.1 cm³/mol. The highest BCUT2D eigenvalue weighted by Crippen LogP contribution is 2.23. The van der Waals surface area contributed by atoms with Crippen LogP contribution in [0.4, 0.5) is 0 Å². The van der Waals surface area contributed by atoms with Gasteiger partial charge in [0.2, 0.25) is 0 Å². The summed E-state index contributed by atoms with van der Waals surface area (Å²) < 4.78 is 6.22. The predicted octanol–water partition coefficient (Wildman–Crippen LogP) is 3.23. The Bertz CT molecular complexity index is 544. The zero-order valence-electron chi connectivity index (χ0n) is 9.45. The van der Waals surface area contributed by atoms with Crippen LogP contribution < -0.4 is 4.74 Å². The van der Waals surface area contributed by atoms with Crippen LogP contribution in [0.2, 0.25) is 0 Å². The summed E-state index contributed by atoms with van der Waals surface area (Å²) in [5.41, 5.74) is 1.64. The van der Waals surface area contributed by atoms with Gasteiger partial charge in [0.05, 0.1) is 11.9 Å². The lowest BCUT2D eigenvalue weighted by Gasteiger charge is -2.07. The zero-order valence-corrected chi connectivity index (χ0v) is 11.0. The van der Waals surface area contributed by atoms with Crippen molar-refractivity contribution in [1.29, 1.82) is 0 Å². The lowest BCUT2D eigenvalue weighted by Crippen LogP contribution is -1.98. The molecule has 2 aromatic rings. The van der Waals surface area contributed by atoms with E-state index in [9.17, 15) is 0 Å². The number of pyridine rings is 1. The molecule has 0 radical (unpaired) electrons. The molecular weight excluding hydrogens is 296 g/mol. The molecule has 0 amide bonds. The number of hydrogen-bond acceptors (Lipinski definition) is 4. The SMILES string of the molecule is ON=Cc1ccc(OCc2ccccc2)c(Br)n1. The molecule has 2 rings (SSSR count). The van der Waals surface area contributed by atoms with Crippen LogP contribution in [0.25, 0.3) is 0 Å². The monoisotopic (exact) mass is 306 g/mol. The Morgan fingerprint density at radius 1 is 1.22 bits per heavy atom. The molecule has 0 atom stereocenters. The molecule has 0 spiro atoms. The Labute approximate surface area is 113 Å². The molecule has 0 fully saturated rings. The molecule has 1 aromatic carbocycles. The number of halogens is 1. The normalized spacial score (nSPS) is 10.7. The van der Waals surface area contributed by atoms with Crippen LogP contribution in [0.5, 0.6) is 5.75 Å². The summed E-state index contributed by atoms with van der Waals surface area (Å²) in [4.78, 5) is 4.16. The van der Waals surface area contributed by atoms with Crippen molar-refractivity contribution < 1.29 is 9.94 Å². The van der Waals surface area contributed by atoms with Crippen molar-refractivity contribution in [2.45, 2.75) is 6.61 Å². The van der Waals surface area contributed by atoms with Gasteiger partial charge in [0.15, 0.2) is 5.75 Å². The minimum atomic E-state index is 0.481. The Morgan fingerprint density at radius 2 is 2.00 bits per heavy atom. The fourth-order valence-corrected chi connectivity index (χ4v) is 1.86. The second-order valence-corrected chi connectivity index (χ2v) is 4.30. The van der Waals surface area contributed by atoms with E-state index in [2.05, 4.69) is 26.1 Å². The van der Waals surface area contributed by atoms with Gasteiger partial charge >= 0.3 is 0 Å². The summed E-state index contributed by atoms with van der Waals surface area (Å²) in [6.45, 7) is 0.481. The molecule has 5 heteroatoms. The summed E-state index contributed by atoms with van der Waals surface area (Å²) in [6, 6.07) is 13.4. The maximum Gasteiger partial charge on any atom is 0.152 e. The Morgan fingerprint density at radius 3 is 2.67 bits per heavy atom. The van der Waals surface area contributed by atoms with Crippen LogP contribution in [0.15, 0.2) is 52.2 Å². The van der Waals surface area contributed by atoms with Crippen LogP contribution in [-0.4, -0.2) is 16.4 Å². The molecule has 18 heavy (non-hydrogen) atoms. The second kappa shape index (κ2) is 6.16.